The van der Waals surface area contributed by atoms with Gasteiger partial charge < -0.3 is 5.11 Å². The highest BCUT2D eigenvalue weighted by molar-refractivity contribution is 5.71. The van der Waals surface area contributed by atoms with Gasteiger partial charge in [-0.1, -0.05) is 55.5 Å². The summed E-state index contributed by atoms with van der Waals surface area (Å²) in [6.45, 7) is 3.91. The molecule has 2 rings (SSSR count). The average molecular weight is 200 g/mol. The average Bonchev–Trinajstić information content (AvgIpc) is 2.23. The Morgan fingerprint density at radius 2 is 1.87 bits per heavy atom. The molecular weight excluding hydrogens is 184 g/mol. The molecule has 1 aromatic carbocycles. The van der Waals surface area contributed by atoms with Crippen molar-refractivity contribution in [3.8, 4) is 0 Å². The highest BCUT2D eigenvalue weighted by Gasteiger charge is 2.30. The number of aliphatic hydroxyl groups is 1. The van der Waals surface area contributed by atoms with Crippen molar-refractivity contribution in [2.75, 3.05) is 0 Å². The first-order valence-corrected chi connectivity index (χ1v) is 5.28. The van der Waals surface area contributed by atoms with Crippen LogP contribution < -0.4 is 0 Å². The number of benzene rings is 1. The molecule has 1 N–H and O–H groups in total. The molecule has 1 aliphatic rings. The molecule has 0 fully saturated rings. The van der Waals surface area contributed by atoms with Crippen LogP contribution in [-0.4, -0.2) is 10.7 Å². The molecule has 0 amide bonds. The van der Waals surface area contributed by atoms with E-state index in [9.17, 15) is 5.11 Å². The van der Waals surface area contributed by atoms with Gasteiger partial charge >= 0.3 is 0 Å². The summed E-state index contributed by atoms with van der Waals surface area (Å²) in [5.74, 6) is 0.130. The fraction of sp³-hybridized carbons (Fsp3) is 0.286. The Bertz CT molecular complexity index is 399. The third-order valence-corrected chi connectivity index (χ3v) is 3.16. The van der Waals surface area contributed by atoms with Crippen LogP contribution in [-0.2, 0) is 0 Å². The second-order valence-corrected chi connectivity index (χ2v) is 4.29. The van der Waals surface area contributed by atoms with Gasteiger partial charge in [-0.2, -0.15) is 0 Å². The maximum atomic E-state index is 10.1. The van der Waals surface area contributed by atoms with Gasteiger partial charge in [0.1, 0.15) is 0 Å². The molecule has 0 aromatic heterocycles. The van der Waals surface area contributed by atoms with Crippen molar-refractivity contribution in [2.24, 2.45) is 5.92 Å². The van der Waals surface area contributed by atoms with Crippen LogP contribution >= 0.6 is 0 Å². The Labute approximate surface area is 90.8 Å². The smallest absolute Gasteiger partial charge is 0.0868 e. The third kappa shape index (κ3) is 1.88. The molecule has 15 heavy (non-hydrogen) atoms. The van der Waals surface area contributed by atoms with Gasteiger partial charge in [0, 0.05) is 5.92 Å². The van der Waals surface area contributed by atoms with Crippen LogP contribution in [0, 0.1) is 5.92 Å². The van der Waals surface area contributed by atoms with E-state index >= 15 is 0 Å². The van der Waals surface area contributed by atoms with Gasteiger partial charge in [-0.3, -0.25) is 0 Å². The Morgan fingerprint density at radius 3 is 2.53 bits per heavy atom. The van der Waals surface area contributed by atoms with Crippen LogP contribution in [0.15, 0.2) is 48.6 Å². The van der Waals surface area contributed by atoms with Gasteiger partial charge in [-0.05, 0) is 18.1 Å². The lowest BCUT2D eigenvalue weighted by Gasteiger charge is -2.32. The van der Waals surface area contributed by atoms with Crippen LogP contribution in [0.5, 0.6) is 0 Å². The monoisotopic (exact) mass is 200 g/mol. The molecule has 1 heteroatoms. The highest BCUT2D eigenvalue weighted by Crippen LogP contribution is 2.35. The van der Waals surface area contributed by atoms with Crippen LogP contribution in [0.4, 0.5) is 0 Å². The SMILES string of the molecule is CC1C(c2ccccc2)=CC=CC1(C)O. The van der Waals surface area contributed by atoms with Gasteiger partial charge in [-0.25, -0.2) is 0 Å². The third-order valence-electron chi connectivity index (χ3n) is 3.16. The predicted molar refractivity (Wildman–Crippen MR) is 63.3 cm³/mol. The van der Waals surface area contributed by atoms with Crippen molar-refractivity contribution in [3.05, 3.63) is 54.1 Å². The molecule has 0 heterocycles. The van der Waals surface area contributed by atoms with Crippen molar-refractivity contribution in [2.45, 2.75) is 19.4 Å². The summed E-state index contributed by atoms with van der Waals surface area (Å²) in [7, 11) is 0. The molecule has 0 saturated heterocycles. The molecule has 1 aliphatic carbocycles. The van der Waals surface area contributed by atoms with Crippen LogP contribution in [0.25, 0.3) is 5.57 Å². The Morgan fingerprint density at radius 1 is 1.20 bits per heavy atom. The number of rotatable bonds is 1. The summed E-state index contributed by atoms with van der Waals surface area (Å²) in [4.78, 5) is 0. The second-order valence-electron chi connectivity index (χ2n) is 4.29. The first-order valence-electron chi connectivity index (χ1n) is 5.28. The zero-order valence-electron chi connectivity index (χ0n) is 9.14. The van der Waals surface area contributed by atoms with Gasteiger partial charge in [0.15, 0.2) is 0 Å². The minimum atomic E-state index is -0.736. The summed E-state index contributed by atoms with van der Waals surface area (Å²) in [6, 6.07) is 10.2. The molecule has 0 aliphatic heterocycles. The van der Waals surface area contributed by atoms with Crippen molar-refractivity contribution in [1.82, 2.24) is 0 Å². The molecule has 2 atom stereocenters. The molecule has 0 saturated carbocycles. The maximum absolute atomic E-state index is 10.1. The van der Waals surface area contributed by atoms with E-state index < -0.39 is 5.60 Å². The molecule has 0 bridgehead atoms. The molecule has 2 unspecified atom stereocenters. The quantitative estimate of drug-likeness (QED) is 0.738. The van der Waals surface area contributed by atoms with Crippen LogP contribution in [0.2, 0.25) is 0 Å². The lowest BCUT2D eigenvalue weighted by molar-refractivity contribution is 0.0771. The largest absolute Gasteiger partial charge is 0.385 e. The Kier molecular flexibility index (Phi) is 2.49. The van der Waals surface area contributed by atoms with Crippen molar-refractivity contribution in [1.29, 1.82) is 0 Å². The van der Waals surface area contributed by atoms with Gasteiger partial charge in [0.25, 0.3) is 0 Å². The molecule has 1 nitrogen and oxygen atoms in total. The molecule has 1 aromatic rings. The standard InChI is InChI=1S/C14H16O/c1-11-13(9-6-10-14(11,2)15)12-7-4-3-5-8-12/h3-11,15H,1-2H3. The van der Waals surface area contributed by atoms with Crippen molar-refractivity contribution >= 4 is 5.57 Å². The van der Waals surface area contributed by atoms with E-state index in [1.807, 2.05) is 37.3 Å². The fourth-order valence-corrected chi connectivity index (χ4v) is 1.93. The minimum absolute atomic E-state index is 0.130. The minimum Gasteiger partial charge on any atom is -0.385 e. The van der Waals surface area contributed by atoms with E-state index in [4.69, 9.17) is 0 Å². The second kappa shape index (κ2) is 3.67. The predicted octanol–water partition coefficient (Wildman–Crippen LogP) is 3.03. The summed E-state index contributed by atoms with van der Waals surface area (Å²) >= 11 is 0. The van der Waals surface area contributed by atoms with E-state index in [-0.39, 0.29) is 5.92 Å². The van der Waals surface area contributed by atoms with Gasteiger partial charge in [-0.15, -0.1) is 0 Å². The lowest BCUT2D eigenvalue weighted by Crippen LogP contribution is -2.32. The summed E-state index contributed by atoms with van der Waals surface area (Å²) < 4.78 is 0. The number of hydrogen-bond donors (Lipinski definition) is 1. The van der Waals surface area contributed by atoms with Gasteiger partial charge in [0.05, 0.1) is 5.60 Å². The molecular formula is C14H16O. The van der Waals surface area contributed by atoms with E-state index in [0.717, 1.165) is 0 Å². The van der Waals surface area contributed by atoms with Crippen molar-refractivity contribution in [3.63, 3.8) is 0 Å². The Balaban J connectivity index is 2.39. The van der Waals surface area contributed by atoms with E-state index in [0.29, 0.717) is 0 Å². The van der Waals surface area contributed by atoms with Crippen LogP contribution in [0.1, 0.15) is 19.4 Å². The van der Waals surface area contributed by atoms with Gasteiger partial charge in [0.2, 0.25) is 0 Å². The number of hydrogen-bond acceptors (Lipinski definition) is 1. The molecule has 0 radical (unpaired) electrons. The zero-order chi connectivity index (χ0) is 10.9. The summed E-state index contributed by atoms with van der Waals surface area (Å²) in [6.07, 6.45) is 5.87. The summed E-state index contributed by atoms with van der Waals surface area (Å²) in [5.41, 5.74) is 1.65. The van der Waals surface area contributed by atoms with Crippen LogP contribution in [0.3, 0.4) is 0 Å². The Hall–Kier alpha value is -1.34. The van der Waals surface area contributed by atoms with Crippen molar-refractivity contribution < 1.29 is 5.11 Å². The maximum Gasteiger partial charge on any atom is 0.0868 e. The fourth-order valence-electron chi connectivity index (χ4n) is 1.93. The summed E-state index contributed by atoms with van der Waals surface area (Å²) in [5, 5.41) is 10.1. The van der Waals surface area contributed by atoms with E-state index in [1.54, 1.807) is 0 Å². The van der Waals surface area contributed by atoms with E-state index in [2.05, 4.69) is 25.1 Å². The first kappa shape index (κ1) is 10.2. The van der Waals surface area contributed by atoms with E-state index in [1.165, 1.54) is 11.1 Å². The topological polar surface area (TPSA) is 20.2 Å². The highest BCUT2D eigenvalue weighted by atomic mass is 16.3. The normalized spacial score (nSPS) is 30.1. The number of allylic oxidation sites excluding steroid dienone is 2. The molecule has 78 valence electrons. The zero-order valence-corrected chi connectivity index (χ0v) is 9.14. The lowest BCUT2D eigenvalue weighted by atomic mass is 9.78. The first-order chi connectivity index (χ1) is 7.11. The molecule has 0 spiro atoms.